The molecule has 8 heteroatoms. The van der Waals surface area contributed by atoms with Crippen molar-refractivity contribution in [1.29, 1.82) is 0 Å². The summed E-state index contributed by atoms with van der Waals surface area (Å²) in [7, 11) is 0. The van der Waals surface area contributed by atoms with E-state index in [2.05, 4.69) is 4.98 Å². The van der Waals surface area contributed by atoms with Crippen molar-refractivity contribution in [2.24, 2.45) is 0 Å². The normalized spacial score (nSPS) is 10.6. The maximum absolute atomic E-state index is 10.9. The molecule has 0 aliphatic heterocycles. The molecule has 0 amide bonds. The van der Waals surface area contributed by atoms with Crippen molar-refractivity contribution in [1.82, 2.24) is 4.98 Å². The van der Waals surface area contributed by atoms with Gasteiger partial charge in [-0.25, -0.2) is 4.98 Å². The summed E-state index contributed by atoms with van der Waals surface area (Å²) in [5.41, 5.74) is 7.13. The zero-order valence-electron chi connectivity index (χ0n) is 9.92. The van der Waals surface area contributed by atoms with E-state index in [-0.39, 0.29) is 5.69 Å². The molecule has 0 fully saturated rings. The molecule has 0 aliphatic carbocycles. The Morgan fingerprint density at radius 1 is 1.58 bits per heavy atom. The highest BCUT2D eigenvalue weighted by molar-refractivity contribution is 8.00. The van der Waals surface area contributed by atoms with Gasteiger partial charge >= 0.3 is 0 Å². The first-order valence-corrected chi connectivity index (χ1v) is 7.44. The molecule has 1 aromatic carbocycles. The largest absolute Gasteiger partial charge is 0.375 e. The lowest BCUT2D eigenvalue weighted by atomic mass is 10.2. The Hall–Kier alpha value is -1.31. The van der Waals surface area contributed by atoms with E-state index in [1.165, 1.54) is 35.2 Å². The standard InChI is InChI=1S/C11H10ClN3O2S2/c1-6-10(19-11(13)14-6)18-5-7-4-8(12)2-3-9(7)15(16)17/h2-4H,5H2,1H3,(H2,13,14). The van der Waals surface area contributed by atoms with Crippen molar-refractivity contribution in [2.45, 2.75) is 16.9 Å². The fourth-order valence-electron chi connectivity index (χ4n) is 1.53. The van der Waals surface area contributed by atoms with E-state index < -0.39 is 4.92 Å². The number of hydrogen-bond donors (Lipinski definition) is 1. The van der Waals surface area contributed by atoms with Crippen LogP contribution < -0.4 is 5.73 Å². The number of hydrogen-bond acceptors (Lipinski definition) is 6. The lowest BCUT2D eigenvalue weighted by Crippen LogP contribution is -1.94. The average molecular weight is 316 g/mol. The van der Waals surface area contributed by atoms with Crippen LogP contribution in [0.15, 0.2) is 22.4 Å². The summed E-state index contributed by atoms with van der Waals surface area (Å²) in [4.78, 5) is 14.7. The molecule has 2 N–H and O–H groups in total. The SMILES string of the molecule is Cc1nc(N)sc1SCc1cc(Cl)ccc1[N+](=O)[O-]. The Labute approximate surface area is 122 Å². The maximum Gasteiger partial charge on any atom is 0.273 e. The minimum atomic E-state index is -0.403. The second-order valence-electron chi connectivity index (χ2n) is 3.74. The molecule has 5 nitrogen and oxygen atoms in total. The molecule has 0 atom stereocenters. The van der Waals surface area contributed by atoms with Gasteiger partial charge in [-0.05, 0) is 19.1 Å². The van der Waals surface area contributed by atoms with Crippen molar-refractivity contribution in [3.05, 3.63) is 44.6 Å². The molecular formula is C11H10ClN3O2S2. The molecule has 100 valence electrons. The number of aryl methyl sites for hydroxylation is 1. The van der Waals surface area contributed by atoms with E-state index in [9.17, 15) is 10.1 Å². The molecule has 0 saturated carbocycles. The van der Waals surface area contributed by atoms with Crippen LogP contribution in [0.1, 0.15) is 11.3 Å². The van der Waals surface area contributed by atoms with Crippen LogP contribution in [0, 0.1) is 17.0 Å². The number of thiazole rings is 1. The number of halogens is 1. The van der Waals surface area contributed by atoms with Crippen molar-refractivity contribution >= 4 is 45.5 Å². The number of anilines is 1. The molecule has 2 rings (SSSR count). The predicted molar refractivity (Wildman–Crippen MR) is 78.9 cm³/mol. The first kappa shape index (κ1) is 14.1. The van der Waals surface area contributed by atoms with Crippen LogP contribution in [0.4, 0.5) is 10.8 Å². The lowest BCUT2D eigenvalue weighted by Gasteiger charge is -2.03. The number of nitrogens with two attached hydrogens (primary N) is 1. The summed E-state index contributed by atoms with van der Waals surface area (Å²) in [6, 6.07) is 4.56. The lowest BCUT2D eigenvalue weighted by molar-refractivity contribution is -0.385. The van der Waals surface area contributed by atoms with Gasteiger partial charge in [0.05, 0.1) is 14.8 Å². The fraction of sp³-hybridized carbons (Fsp3) is 0.182. The number of nitro benzene ring substituents is 1. The fourth-order valence-corrected chi connectivity index (χ4v) is 3.73. The third kappa shape index (κ3) is 3.37. The molecular weight excluding hydrogens is 306 g/mol. The smallest absolute Gasteiger partial charge is 0.273 e. The highest BCUT2D eigenvalue weighted by Gasteiger charge is 2.15. The van der Waals surface area contributed by atoms with Crippen molar-refractivity contribution in [2.75, 3.05) is 5.73 Å². The molecule has 0 aliphatic rings. The minimum Gasteiger partial charge on any atom is -0.375 e. The third-order valence-corrected chi connectivity index (χ3v) is 5.00. The minimum absolute atomic E-state index is 0.0760. The first-order valence-electron chi connectivity index (χ1n) is 5.26. The summed E-state index contributed by atoms with van der Waals surface area (Å²) < 4.78 is 0.965. The highest BCUT2D eigenvalue weighted by atomic mass is 35.5. The second kappa shape index (κ2) is 5.77. The maximum atomic E-state index is 10.9. The van der Waals surface area contributed by atoms with Crippen molar-refractivity contribution in [3.63, 3.8) is 0 Å². The molecule has 1 aromatic heterocycles. The summed E-state index contributed by atoms with van der Waals surface area (Å²) in [5, 5.41) is 11.9. The van der Waals surface area contributed by atoms with Crippen LogP contribution in [-0.4, -0.2) is 9.91 Å². The van der Waals surface area contributed by atoms with Gasteiger partial charge in [-0.1, -0.05) is 22.9 Å². The van der Waals surface area contributed by atoms with E-state index >= 15 is 0 Å². The van der Waals surface area contributed by atoms with Crippen LogP contribution in [0.3, 0.4) is 0 Å². The van der Waals surface area contributed by atoms with Crippen LogP contribution in [0.25, 0.3) is 0 Å². The second-order valence-corrected chi connectivity index (χ2v) is 6.45. The monoisotopic (exact) mass is 315 g/mol. The molecule has 1 heterocycles. The van der Waals surface area contributed by atoms with Gasteiger partial charge in [-0.3, -0.25) is 10.1 Å². The molecule has 0 unspecified atom stereocenters. The number of nitrogen functional groups attached to an aromatic ring is 1. The Balaban J connectivity index is 2.21. The highest BCUT2D eigenvalue weighted by Crippen LogP contribution is 2.35. The van der Waals surface area contributed by atoms with Crippen molar-refractivity contribution in [3.8, 4) is 0 Å². The van der Waals surface area contributed by atoms with E-state index in [1.54, 1.807) is 6.07 Å². The third-order valence-electron chi connectivity index (χ3n) is 2.37. The number of rotatable bonds is 4. The quantitative estimate of drug-likeness (QED) is 0.526. The van der Waals surface area contributed by atoms with E-state index in [0.29, 0.717) is 21.5 Å². The molecule has 19 heavy (non-hydrogen) atoms. The van der Waals surface area contributed by atoms with Gasteiger partial charge in [0.1, 0.15) is 0 Å². The number of nitro groups is 1. The molecule has 0 saturated heterocycles. The topological polar surface area (TPSA) is 82.0 Å². The Morgan fingerprint density at radius 3 is 2.89 bits per heavy atom. The first-order chi connectivity index (χ1) is 8.97. The summed E-state index contributed by atoms with van der Waals surface area (Å²) in [5.74, 6) is 0.458. The van der Waals surface area contributed by atoms with Gasteiger partial charge in [-0.15, -0.1) is 11.8 Å². The summed E-state index contributed by atoms with van der Waals surface area (Å²) in [6.45, 7) is 1.86. The number of aromatic nitrogens is 1. The Bertz CT molecular complexity index is 630. The van der Waals surface area contributed by atoms with Gasteiger partial charge in [0, 0.05) is 22.4 Å². The van der Waals surface area contributed by atoms with E-state index in [4.69, 9.17) is 17.3 Å². The van der Waals surface area contributed by atoms with Gasteiger partial charge in [0.2, 0.25) is 0 Å². The van der Waals surface area contributed by atoms with Crippen LogP contribution in [0.2, 0.25) is 5.02 Å². The Kier molecular flexibility index (Phi) is 4.28. The summed E-state index contributed by atoms with van der Waals surface area (Å²) in [6.07, 6.45) is 0. The molecule has 0 spiro atoms. The summed E-state index contributed by atoms with van der Waals surface area (Å²) >= 11 is 8.73. The van der Waals surface area contributed by atoms with Gasteiger partial charge in [0.15, 0.2) is 5.13 Å². The van der Waals surface area contributed by atoms with Crippen molar-refractivity contribution < 1.29 is 4.92 Å². The van der Waals surface area contributed by atoms with Crippen LogP contribution in [-0.2, 0) is 5.75 Å². The van der Waals surface area contributed by atoms with Crippen LogP contribution in [0.5, 0.6) is 0 Å². The molecule has 2 aromatic rings. The molecule has 0 radical (unpaired) electrons. The van der Waals surface area contributed by atoms with Gasteiger partial charge < -0.3 is 5.73 Å². The van der Waals surface area contributed by atoms with Gasteiger partial charge in [0.25, 0.3) is 5.69 Å². The van der Waals surface area contributed by atoms with Crippen LogP contribution >= 0.6 is 34.7 Å². The predicted octanol–water partition coefficient (Wildman–Crippen LogP) is 3.89. The molecule has 0 bridgehead atoms. The van der Waals surface area contributed by atoms with E-state index in [1.807, 2.05) is 6.92 Å². The number of thioether (sulfide) groups is 1. The average Bonchev–Trinajstić information content (AvgIpc) is 2.65. The Morgan fingerprint density at radius 2 is 2.32 bits per heavy atom. The zero-order chi connectivity index (χ0) is 14.0. The van der Waals surface area contributed by atoms with E-state index in [0.717, 1.165) is 9.90 Å². The van der Waals surface area contributed by atoms with Gasteiger partial charge in [-0.2, -0.15) is 0 Å². The zero-order valence-corrected chi connectivity index (χ0v) is 12.3. The number of nitrogens with zero attached hydrogens (tertiary/aromatic N) is 2. The number of benzene rings is 1.